The number of benzene rings is 2. The number of ether oxygens (including phenoxy) is 4. The molecule has 0 saturated heterocycles. The van der Waals surface area contributed by atoms with Gasteiger partial charge in [0.1, 0.15) is 35.4 Å². The normalized spacial score (nSPS) is 14.1. The minimum absolute atomic E-state index is 0.00486. The van der Waals surface area contributed by atoms with Gasteiger partial charge in [0, 0.05) is 23.7 Å². The van der Waals surface area contributed by atoms with Crippen molar-refractivity contribution in [3.63, 3.8) is 0 Å². The number of nitrogens with one attached hydrogen (secondary N) is 7. The highest BCUT2D eigenvalue weighted by Gasteiger charge is 2.36. The molecule has 2 rings (SSSR count). The van der Waals surface area contributed by atoms with Gasteiger partial charge in [0.25, 0.3) is 11.7 Å². The molecule has 0 aliphatic rings. The van der Waals surface area contributed by atoms with E-state index in [4.69, 9.17) is 25.8 Å². The van der Waals surface area contributed by atoms with E-state index in [1.54, 1.807) is 98.7 Å². The average Bonchev–Trinajstić information content (AvgIpc) is 3.24. The second-order valence-electron chi connectivity index (χ2n) is 19.6. The van der Waals surface area contributed by atoms with E-state index in [-0.39, 0.29) is 37.9 Å². The zero-order valence-corrected chi connectivity index (χ0v) is 43.3. The SMILES string of the molecule is COC(=O)C(=O)C(C)NC(=O)C(CCCCNC(=O)OC(C)(C)C)NC(=O)C(C)NC(=O)C(NC(=O)C(CCNC(=O)OC(C)(C)C)NC(=O)c1ccc(-c2ccc(Cl)cc2)cc1)C(C)OC(C)(C)C. The van der Waals surface area contributed by atoms with Crippen LogP contribution in [0.1, 0.15) is 119 Å². The molecule has 0 spiro atoms. The lowest BCUT2D eigenvalue weighted by atomic mass is 10.0. The summed E-state index contributed by atoms with van der Waals surface area (Å²) in [5.74, 6) is -6.19. The second-order valence-corrected chi connectivity index (χ2v) is 20.0. The molecule has 0 bridgehead atoms. The molecule has 0 radical (unpaired) electrons. The first-order valence-electron chi connectivity index (χ1n) is 23.0. The van der Waals surface area contributed by atoms with E-state index in [1.807, 2.05) is 12.1 Å². The molecule has 0 fully saturated rings. The number of ketones is 1. The molecular formula is C49H72ClN7O13. The summed E-state index contributed by atoms with van der Waals surface area (Å²) in [6.45, 7) is 19.6. The highest BCUT2D eigenvalue weighted by Crippen LogP contribution is 2.22. The molecule has 7 N–H and O–H groups in total. The van der Waals surface area contributed by atoms with Crippen LogP contribution in [-0.4, -0.2) is 127 Å². The van der Waals surface area contributed by atoms with Gasteiger partial charge in [-0.25, -0.2) is 14.4 Å². The topological polar surface area (TPSA) is 275 Å². The van der Waals surface area contributed by atoms with Gasteiger partial charge in [-0.15, -0.1) is 0 Å². The van der Waals surface area contributed by atoms with Crippen LogP contribution in [0.15, 0.2) is 48.5 Å². The van der Waals surface area contributed by atoms with Gasteiger partial charge in [-0.1, -0.05) is 35.9 Å². The summed E-state index contributed by atoms with van der Waals surface area (Å²) in [5, 5.41) is 18.7. The Bertz CT molecular complexity index is 2130. The molecule has 0 aliphatic carbocycles. The molecule has 6 atom stereocenters. The number of methoxy groups -OCH3 is 1. The third-order valence-electron chi connectivity index (χ3n) is 9.75. The number of hydrogen-bond acceptors (Lipinski definition) is 13. The van der Waals surface area contributed by atoms with Crippen LogP contribution in [0.3, 0.4) is 0 Å². The average molecular weight is 1000 g/mol. The fourth-order valence-corrected chi connectivity index (χ4v) is 6.57. The molecule has 2 aromatic rings. The predicted octanol–water partition coefficient (Wildman–Crippen LogP) is 4.64. The molecule has 20 nitrogen and oxygen atoms in total. The van der Waals surface area contributed by atoms with E-state index in [0.29, 0.717) is 11.4 Å². The Labute approximate surface area is 415 Å². The zero-order chi connectivity index (χ0) is 53.1. The minimum atomic E-state index is -1.47. The van der Waals surface area contributed by atoms with E-state index in [9.17, 15) is 43.2 Å². The largest absolute Gasteiger partial charge is 0.463 e. The van der Waals surface area contributed by atoms with E-state index >= 15 is 0 Å². The van der Waals surface area contributed by atoms with Crippen molar-refractivity contribution in [2.24, 2.45) is 0 Å². The number of hydrogen-bond donors (Lipinski definition) is 7. The van der Waals surface area contributed by atoms with Crippen LogP contribution in [0, 0.1) is 0 Å². The second kappa shape index (κ2) is 27.2. The standard InChI is InChI=1S/C49H72ClN7O13/c1-28(38(58)44(64)67-13)53-41(61)35(16-14-15-26-51-45(65)69-48(7,8)9)55-39(59)29(2)54-43(63)37(30(3)68-47(4,5)6)57-42(62)36(25-27-52-46(66)70-49(10,11)12)56-40(60)33-19-17-31(18-20-33)32-21-23-34(50)24-22-32/h17-24,28-30,35-37H,14-16,25-27H2,1-13H3,(H,51,65)(H,52,66)(H,53,61)(H,54,63)(H,55,59)(H,56,60)(H,57,62). The van der Waals surface area contributed by atoms with Crippen LogP contribution in [0.2, 0.25) is 5.02 Å². The van der Waals surface area contributed by atoms with Crippen LogP contribution in [-0.2, 0) is 47.7 Å². The van der Waals surface area contributed by atoms with E-state index < -0.39 is 107 Å². The van der Waals surface area contributed by atoms with Crippen molar-refractivity contribution >= 4 is 65.1 Å². The third-order valence-corrected chi connectivity index (χ3v) is 10.0. The van der Waals surface area contributed by atoms with Crippen molar-refractivity contribution in [2.75, 3.05) is 20.2 Å². The van der Waals surface area contributed by atoms with Crippen LogP contribution in [0.4, 0.5) is 9.59 Å². The Morgan fingerprint density at radius 1 is 0.543 bits per heavy atom. The van der Waals surface area contributed by atoms with Crippen LogP contribution < -0.4 is 37.2 Å². The molecule has 0 heterocycles. The van der Waals surface area contributed by atoms with Crippen LogP contribution in [0.5, 0.6) is 0 Å². The summed E-state index contributed by atoms with van der Waals surface area (Å²) in [5.41, 5.74) is -0.491. The first-order chi connectivity index (χ1) is 32.4. The molecule has 21 heteroatoms. The summed E-state index contributed by atoms with van der Waals surface area (Å²) in [6.07, 6.45) is -1.94. The summed E-state index contributed by atoms with van der Waals surface area (Å²) in [6, 6.07) is 7.01. The highest BCUT2D eigenvalue weighted by atomic mass is 35.5. The summed E-state index contributed by atoms with van der Waals surface area (Å²) in [7, 11) is 1.01. The monoisotopic (exact) mass is 1000 g/mol. The summed E-state index contributed by atoms with van der Waals surface area (Å²) >= 11 is 6.04. The number of halogens is 1. The molecular weight excluding hydrogens is 930 g/mol. The third kappa shape index (κ3) is 22.4. The van der Waals surface area contributed by atoms with Crippen molar-refractivity contribution in [1.82, 2.24) is 37.2 Å². The lowest BCUT2D eigenvalue weighted by molar-refractivity contribution is -0.152. The quantitative estimate of drug-likeness (QED) is 0.0347. The maximum atomic E-state index is 14.2. The molecule has 7 amide bonds. The number of alkyl carbamates (subject to hydrolysis) is 2. The Morgan fingerprint density at radius 3 is 1.54 bits per heavy atom. The van der Waals surface area contributed by atoms with Crippen molar-refractivity contribution in [2.45, 2.75) is 162 Å². The van der Waals surface area contributed by atoms with Crippen molar-refractivity contribution in [3.8, 4) is 11.1 Å². The first kappa shape index (κ1) is 59.8. The van der Waals surface area contributed by atoms with Crippen molar-refractivity contribution < 1.29 is 62.1 Å². The Morgan fingerprint density at radius 2 is 1.03 bits per heavy atom. The van der Waals surface area contributed by atoms with E-state index in [0.717, 1.165) is 18.2 Å². The predicted molar refractivity (Wildman–Crippen MR) is 261 cm³/mol. The van der Waals surface area contributed by atoms with Gasteiger partial charge in [0.05, 0.1) is 24.9 Å². The van der Waals surface area contributed by atoms with Crippen molar-refractivity contribution in [3.05, 3.63) is 59.1 Å². The zero-order valence-electron chi connectivity index (χ0n) is 42.5. The molecule has 2 aromatic carbocycles. The first-order valence-corrected chi connectivity index (χ1v) is 23.4. The Hall–Kier alpha value is -6.28. The Kier molecular flexibility index (Phi) is 23.3. The Balaban J connectivity index is 2.36. The van der Waals surface area contributed by atoms with Gasteiger partial charge < -0.3 is 56.2 Å². The fraction of sp³-hybridized carbons (Fsp3) is 0.571. The maximum absolute atomic E-state index is 14.2. The molecule has 0 aromatic heterocycles. The van der Waals surface area contributed by atoms with Gasteiger partial charge >= 0.3 is 18.2 Å². The van der Waals surface area contributed by atoms with Gasteiger partial charge in [0.2, 0.25) is 23.6 Å². The molecule has 70 heavy (non-hydrogen) atoms. The molecule has 6 unspecified atom stereocenters. The lowest BCUT2D eigenvalue weighted by Crippen LogP contribution is -2.61. The number of amides is 7. The smallest absolute Gasteiger partial charge is 0.407 e. The number of unbranched alkanes of at least 4 members (excludes halogenated alkanes) is 1. The number of esters is 1. The van der Waals surface area contributed by atoms with Gasteiger partial charge in [-0.05, 0) is 144 Å². The summed E-state index contributed by atoms with van der Waals surface area (Å²) < 4.78 is 21.1. The number of carbonyl (C=O) groups is 9. The van der Waals surface area contributed by atoms with Crippen LogP contribution >= 0.6 is 11.6 Å². The molecule has 388 valence electrons. The van der Waals surface area contributed by atoms with E-state index in [2.05, 4.69) is 42.0 Å². The lowest BCUT2D eigenvalue weighted by Gasteiger charge is -2.32. The van der Waals surface area contributed by atoms with Crippen molar-refractivity contribution in [1.29, 1.82) is 0 Å². The fourth-order valence-electron chi connectivity index (χ4n) is 6.44. The van der Waals surface area contributed by atoms with Gasteiger partial charge in [-0.3, -0.25) is 28.8 Å². The number of rotatable bonds is 23. The summed E-state index contributed by atoms with van der Waals surface area (Å²) in [4.78, 5) is 118. The maximum Gasteiger partial charge on any atom is 0.407 e. The number of carbonyl (C=O) groups excluding carboxylic acids is 9. The highest BCUT2D eigenvalue weighted by molar-refractivity contribution is 6.36. The number of Topliss-reactive ketones (excluding diaryl/α,β-unsaturated/α-hetero) is 1. The van der Waals surface area contributed by atoms with Gasteiger partial charge in [-0.2, -0.15) is 0 Å². The molecule has 0 saturated carbocycles. The van der Waals surface area contributed by atoms with Gasteiger partial charge in [0.15, 0.2) is 0 Å². The van der Waals surface area contributed by atoms with E-state index in [1.165, 1.54) is 20.8 Å². The minimum Gasteiger partial charge on any atom is -0.463 e. The van der Waals surface area contributed by atoms with Crippen LogP contribution in [0.25, 0.3) is 11.1 Å². The molecule has 0 aliphatic heterocycles.